The van der Waals surface area contributed by atoms with E-state index in [1.165, 1.54) is 0 Å². The predicted octanol–water partition coefficient (Wildman–Crippen LogP) is 3.56. The van der Waals surface area contributed by atoms with Crippen LogP contribution < -0.4 is 0 Å². The van der Waals surface area contributed by atoms with Gasteiger partial charge in [0.25, 0.3) is 0 Å². The molecule has 0 atom stereocenters. The minimum absolute atomic E-state index is 0.458. The van der Waals surface area contributed by atoms with Crippen molar-refractivity contribution >= 4 is 38.6 Å². The van der Waals surface area contributed by atoms with Crippen molar-refractivity contribution in [1.82, 2.24) is 9.55 Å². The van der Waals surface area contributed by atoms with E-state index in [0.717, 1.165) is 27.9 Å². The molecule has 0 aliphatic carbocycles. The summed E-state index contributed by atoms with van der Waals surface area (Å²) in [6.07, 6.45) is 0. The molecule has 0 spiro atoms. The van der Waals surface area contributed by atoms with Crippen molar-refractivity contribution in [3.05, 3.63) is 28.5 Å². The van der Waals surface area contributed by atoms with Crippen LogP contribution in [0.5, 0.6) is 0 Å². The fourth-order valence-corrected chi connectivity index (χ4v) is 2.16. The van der Waals surface area contributed by atoms with Gasteiger partial charge in [0, 0.05) is 11.0 Å². The Kier molecular flexibility index (Phi) is 2.79. The van der Waals surface area contributed by atoms with E-state index in [1.807, 2.05) is 12.1 Å². The molecule has 0 fully saturated rings. The number of hydrogen-bond acceptors (Lipinski definition) is 1. The highest BCUT2D eigenvalue weighted by Gasteiger charge is 2.07. The Morgan fingerprint density at radius 1 is 1.50 bits per heavy atom. The second-order valence-corrected chi connectivity index (χ2v) is 4.22. The second kappa shape index (κ2) is 3.91. The van der Waals surface area contributed by atoms with Crippen molar-refractivity contribution < 1.29 is 0 Å². The number of hydrogen-bond donors (Lipinski definition) is 0. The lowest BCUT2D eigenvalue weighted by Crippen LogP contribution is -1.98. The van der Waals surface area contributed by atoms with Crippen LogP contribution in [0, 0.1) is 0 Å². The van der Waals surface area contributed by atoms with Crippen LogP contribution >= 0.6 is 27.5 Å². The molecule has 2 aromatic rings. The summed E-state index contributed by atoms with van der Waals surface area (Å²) in [7, 11) is 0. The zero-order chi connectivity index (χ0) is 10.1. The first-order chi connectivity index (χ1) is 6.76. The van der Waals surface area contributed by atoms with Crippen molar-refractivity contribution in [3.8, 4) is 0 Å². The van der Waals surface area contributed by atoms with Gasteiger partial charge in [-0.3, -0.25) is 0 Å². The first kappa shape index (κ1) is 9.99. The normalized spacial score (nSPS) is 11.1. The van der Waals surface area contributed by atoms with Gasteiger partial charge in [0.2, 0.25) is 0 Å². The standard InChI is InChI=1S/C10H10BrClN2/c1-2-14-9-4-3-7(11)5-8(9)13-10(14)6-12/h3-5H,2,6H2,1H3. The molecule has 1 aromatic carbocycles. The number of imidazole rings is 1. The second-order valence-electron chi connectivity index (χ2n) is 3.04. The van der Waals surface area contributed by atoms with E-state index in [1.54, 1.807) is 0 Å². The molecule has 1 heterocycles. The van der Waals surface area contributed by atoms with Crippen molar-refractivity contribution in [2.75, 3.05) is 0 Å². The Balaban J connectivity index is 2.73. The summed E-state index contributed by atoms with van der Waals surface area (Å²) in [5, 5.41) is 0. The van der Waals surface area contributed by atoms with Crippen LogP contribution in [0.2, 0.25) is 0 Å². The van der Waals surface area contributed by atoms with E-state index < -0.39 is 0 Å². The number of aromatic nitrogens is 2. The summed E-state index contributed by atoms with van der Waals surface area (Å²) in [6.45, 7) is 3.00. The largest absolute Gasteiger partial charge is 0.327 e. The molecule has 2 nitrogen and oxygen atoms in total. The van der Waals surface area contributed by atoms with Gasteiger partial charge in [-0.15, -0.1) is 11.6 Å². The fraction of sp³-hybridized carbons (Fsp3) is 0.300. The fourth-order valence-electron chi connectivity index (χ4n) is 1.61. The third kappa shape index (κ3) is 1.55. The highest BCUT2D eigenvalue weighted by molar-refractivity contribution is 9.10. The molecule has 74 valence electrons. The van der Waals surface area contributed by atoms with Crippen molar-refractivity contribution in [2.45, 2.75) is 19.3 Å². The Morgan fingerprint density at radius 3 is 2.93 bits per heavy atom. The third-order valence-corrected chi connectivity index (χ3v) is 2.96. The van der Waals surface area contributed by atoms with Crippen molar-refractivity contribution in [2.24, 2.45) is 0 Å². The van der Waals surface area contributed by atoms with E-state index in [2.05, 4.69) is 38.5 Å². The van der Waals surface area contributed by atoms with Gasteiger partial charge < -0.3 is 4.57 Å². The van der Waals surface area contributed by atoms with Gasteiger partial charge >= 0.3 is 0 Å². The highest BCUT2D eigenvalue weighted by Crippen LogP contribution is 2.21. The van der Waals surface area contributed by atoms with Gasteiger partial charge in [-0.2, -0.15) is 0 Å². The number of nitrogens with zero attached hydrogens (tertiary/aromatic N) is 2. The third-order valence-electron chi connectivity index (χ3n) is 2.23. The summed E-state index contributed by atoms with van der Waals surface area (Å²) < 4.78 is 3.18. The molecule has 14 heavy (non-hydrogen) atoms. The van der Waals surface area contributed by atoms with E-state index >= 15 is 0 Å². The van der Waals surface area contributed by atoms with Crippen LogP contribution in [0.3, 0.4) is 0 Å². The number of halogens is 2. The quantitative estimate of drug-likeness (QED) is 0.765. The first-order valence-corrected chi connectivity index (χ1v) is 5.79. The van der Waals surface area contributed by atoms with E-state index in [9.17, 15) is 0 Å². The maximum absolute atomic E-state index is 5.83. The van der Waals surface area contributed by atoms with Gasteiger partial charge in [-0.25, -0.2) is 4.98 Å². The minimum atomic E-state index is 0.458. The van der Waals surface area contributed by atoms with Crippen LogP contribution in [-0.2, 0) is 12.4 Å². The van der Waals surface area contributed by atoms with E-state index in [-0.39, 0.29) is 0 Å². The molecule has 0 saturated carbocycles. The Bertz CT molecular complexity index is 464. The lowest BCUT2D eigenvalue weighted by atomic mass is 10.3. The van der Waals surface area contributed by atoms with E-state index in [0.29, 0.717) is 5.88 Å². The lowest BCUT2D eigenvalue weighted by molar-refractivity contribution is 0.747. The summed E-state index contributed by atoms with van der Waals surface area (Å²) in [5.74, 6) is 1.39. The van der Waals surface area contributed by atoms with Crippen molar-refractivity contribution in [3.63, 3.8) is 0 Å². The zero-order valence-corrected chi connectivity index (χ0v) is 10.1. The number of alkyl halides is 1. The van der Waals surface area contributed by atoms with Crippen LogP contribution in [0.15, 0.2) is 22.7 Å². The van der Waals surface area contributed by atoms with Gasteiger partial charge in [-0.1, -0.05) is 15.9 Å². The van der Waals surface area contributed by atoms with Gasteiger partial charge in [0.15, 0.2) is 0 Å². The van der Waals surface area contributed by atoms with Crippen molar-refractivity contribution in [1.29, 1.82) is 0 Å². The smallest absolute Gasteiger partial charge is 0.124 e. The molecular weight excluding hydrogens is 263 g/mol. The molecule has 1 aromatic heterocycles. The topological polar surface area (TPSA) is 17.8 Å². The number of fused-ring (bicyclic) bond motifs is 1. The first-order valence-electron chi connectivity index (χ1n) is 4.47. The Morgan fingerprint density at radius 2 is 2.29 bits per heavy atom. The van der Waals surface area contributed by atoms with Gasteiger partial charge in [0.1, 0.15) is 5.82 Å². The molecule has 2 rings (SSSR count). The number of aryl methyl sites for hydroxylation is 1. The molecular formula is C10H10BrClN2. The summed E-state index contributed by atoms with van der Waals surface area (Å²) >= 11 is 9.25. The maximum Gasteiger partial charge on any atom is 0.124 e. The molecule has 0 unspecified atom stereocenters. The van der Waals surface area contributed by atoms with Gasteiger partial charge in [0.05, 0.1) is 16.9 Å². The lowest BCUT2D eigenvalue weighted by Gasteiger charge is -2.02. The number of benzene rings is 1. The predicted molar refractivity (Wildman–Crippen MR) is 62.7 cm³/mol. The molecule has 0 N–H and O–H groups in total. The molecule has 0 radical (unpaired) electrons. The molecule has 0 saturated heterocycles. The summed E-state index contributed by atoms with van der Waals surface area (Å²) in [5.41, 5.74) is 2.14. The van der Waals surface area contributed by atoms with Crippen LogP contribution in [0.1, 0.15) is 12.7 Å². The summed E-state index contributed by atoms with van der Waals surface area (Å²) in [6, 6.07) is 6.09. The molecule has 0 aliphatic rings. The minimum Gasteiger partial charge on any atom is -0.327 e. The summed E-state index contributed by atoms with van der Waals surface area (Å²) in [4.78, 5) is 4.46. The molecule has 4 heteroatoms. The average Bonchev–Trinajstić information content (AvgIpc) is 2.54. The molecule has 0 amide bonds. The average molecular weight is 274 g/mol. The Hall–Kier alpha value is -0.540. The monoisotopic (exact) mass is 272 g/mol. The van der Waals surface area contributed by atoms with E-state index in [4.69, 9.17) is 11.6 Å². The molecule has 0 aliphatic heterocycles. The zero-order valence-electron chi connectivity index (χ0n) is 7.80. The highest BCUT2D eigenvalue weighted by atomic mass is 79.9. The Labute approximate surface area is 96.0 Å². The SMILES string of the molecule is CCn1c(CCl)nc2cc(Br)ccc21. The maximum atomic E-state index is 5.83. The van der Waals surface area contributed by atoms with Crippen LogP contribution in [0.4, 0.5) is 0 Å². The number of rotatable bonds is 2. The molecule has 0 bridgehead atoms. The van der Waals surface area contributed by atoms with Crippen LogP contribution in [0.25, 0.3) is 11.0 Å². The van der Waals surface area contributed by atoms with Gasteiger partial charge in [-0.05, 0) is 25.1 Å². The van der Waals surface area contributed by atoms with Crippen LogP contribution in [-0.4, -0.2) is 9.55 Å².